The maximum atomic E-state index is 10.7. The molecule has 2 rings (SSSR count). The average Bonchev–Trinajstić information content (AvgIpc) is 2.86. The number of halogens is 1. The van der Waals surface area contributed by atoms with Crippen LogP contribution in [0.4, 0.5) is 5.69 Å². The van der Waals surface area contributed by atoms with E-state index >= 15 is 0 Å². The van der Waals surface area contributed by atoms with Crippen molar-refractivity contribution in [1.29, 1.82) is 0 Å². The van der Waals surface area contributed by atoms with E-state index in [0.717, 1.165) is 21.2 Å². The Hall–Kier alpha value is -1.72. The summed E-state index contributed by atoms with van der Waals surface area (Å²) in [5, 5.41) is 12.7. The van der Waals surface area contributed by atoms with Gasteiger partial charge in [-0.2, -0.15) is 0 Å². The van der Waals surface area contributed by atoms with Crippen LogP contribution in [0.3, 0.4) is 0 Å². The number of carboxylic acids is 1. The number of hydrogen-bond acceptors (Lipinski definition) is 4. The molecule has 0 radical (unpaired) electrons. The maximum absolute atomic E-state index is 10.7. The van der Waals surface area contributed by atoms with Crippen LogP contribution >= 0.6 is 22.9 Å². The molecule has 1 aromatic heterocycles. The summed E-state index contributed by atoms with van der Waals surface area (Å²) >= 11 is 7.49. The van der Waals surface area contributed by atoms with E-state index in [1.807, 2.05) is 31.2 Å². The topological polar surface area (TPSA) is 58.6 Å². The van der Waals surface area contributed by atoms with Gasteiger partial charge in [0, 0.05) is 21.3 Å². The van der Waals surface area contributed by atoms with Crippen LogP contribution in [0, 0.1) is 0 Å². The molecule has 1 aromatic carbocycles. The Balaban J connectivity index is 2.03. The molecule has 0 unspecified atom stereocenters. The van der Waals surface area contributed by atoms with E-state index < -0.39 is 5.97 Å². The summed E-state index contributed by atoms with van der Waals surface area (Å²) in [5.41, 5.74) is 0.831. The summed E-state index contributed by atoms with van der Waals surface area (Å²) in [6.07, 6.45) is 0.0615. The van der Waals surface area contributed by atoms with Gasteiger partial charge in [0.15, 0.2) is 0 Å². The number of benzene rings is 1. The fourth-order valence-electron chi connectivity index (χ4n) is 1.87. The molecule has 0 fully saturated rings. The highest BCUT2D eigenvalue weighted by Crippen LogP contribution is 2.29. The second-order valence-corrected chi connectivity index (χ2v) is 6.05. The third-order valence-electron chi connectivity index (χ3n) is 2.74. The van der Waals surface area contributed by atoms with Gasteiger partial charge in [-0.1, -0.05) is 11.6 Å². The first kappa shape index (κ1) is 15.7. The first-order valence-corrected chi connectivity index (χ1v) is 7.73. The largest absolute Gasteiger partial charge is 0.492 e. The fraction of sp³-hybridized carbons (Fsp3) is 0.267. The lowest BCUT2D eigenvalue weighted by Crippen LogP contribution is -2.01. The predicted octanol–water partition coefficient (Wildman–Crippen LogP) is 4.04. The average molecular weight is 326 g/mol. The van der Waals surface area contributed by atoms with Gasteiger partial charge >= 0.3 is 5.97 Å². The Morgan fingerprint density at radius 2 is 2.10 bits per heavy atom. The zero-order valence-electron chi connectivity index (χ0n) is 11.6. The summed E-state index contributed by atoms with van der Waals surface area (Å²) in [6.45, 7) is 3.11. The Labute approximate surface area is 132 Å². The van der Waals surface area contributed by atoms with Crippen molar-refractivity contribution in [1.82, 2.24) is 0 Å². The van der Waals surface area contributed by atoms with Crippen LogP contribution in [-0.4, -0.2) is 17.7 Å². The SMILES string of the molecule is CCOc1ccc(Cl)cc1NCc1ccc(CC(=O)O)s1. The molecule has 0 aliphatic carbocycles. The number of hydrogen-bond donors (Lipinski definition) is 2. The lowest BCUT2D eigenvalue weighted by molar-refractivity contribution is -0.136. The standard InChI is InChI=1S/C15H16ClNO3S/c1-2-20-14-6-3-10(16)7-13(14)17-9-12-5-4-11(21-12)8-15(18)19/h3-7,17H,2,8-9H2,1H3,(H,18,19). The molecule has 0 saturated carbocycles. The van der Waals surface area contributed by atoms with Crippen LogP contribution in [0.25, 0.3) is 0 Å². The van der Waals surface area contributed by atoms with Gasteiger partial charge in [-0.05, 0) is 37.3 Å². The highest BCUT2D eigenvalue weighted by atomic mass is 35.5. The van der Waals surface area contributed by atoms with Crippen LogP contribution in [0.15, 0.2) is 30.3 Å². The Morgan fingerprint density at radius 3 is 2.81 bits per heavy atom. The van der Waals surface area contributed by atoms with E-state index in [-0.39, 0.29) is 6.42 Å². The van der Waals surface area contributed by atoms with E-state index in [4.69, 9.17) is 21.4 Å². The van der Waals surface area contributed by atoms with Crippen molar-refractivity contribution in [2.45, 2.75) is 19.9 Å². The number of carboxylic acid groups (broad SMARTS) is 1. The minimum absolute atomic E-state index is 0.0615. The Morgan fingerprint density at radius 1 is 1.33 bits per heavy atom. The normalized spacial score (nSPS) is 10.4. The molecule has 2 aromatic rings. The van der Waals surface area contributed by atoms with Crippen molar-refractivity contribution >= 4 is 34.6 Å². The minimum atomic E-state index is -0.815. The maximum Gasteiger partial charge on any atom is 0.308 e. The number of ether oxygens (including phenoxy) is 1. The molecule has 0 amide bonds. The van der Waals surface area contributed by atoms with Crippen molar-refractivity contribution < 1.29 is 14.6 Å². The Kier molecular flexibility index (Phi) is 5.47. The van der Waals surface area contributed by atoms with Crippen LogP contribution in [0.5, 0.6) is 5.75 Å². The molecule has 0 saturated heterocycles. The monoisotopic (exact) mass is 325 g/mol. The van der Waals surface area contributed by atoms with Crippen molar-refractivity contribution in [3.8, 4) is 5.75 Å². The van der Waals surface area contributed by atoms with Crippen LogP contribution in [0.1, 0.15) is 16.7 Å². The van der Waals surface area contributed by atoms with Crippen LogP contribution < -0.4 is 10.1 Å². The first-order chi connectivity index (χ1) is 10.1. The highest BCUT2D eigenvalue weighted by molar-refractivity contribution is 7.12. The van der Waals surface area contributed by atoms with Gasteiger partial charge in [-0.15, -0.1) is 11.3 Å². The summed E-state index contributed by atoms with van der Waals surface area (Å²) in [4.78, 5) is 12.6. The molecular formula is C15H16ClNO3S. The smallest absolute Gasteiger partial charge is 0.308 e. The van der Waals surface area contributed by atoms with Gasteiger partial charge < -0.3 is 15.2 Å². The summed E-state index contributed by atoms with van der Waals surface area (Å²) in [7, 11) is 0. The summed E-state index contributed by atoms with van der Waals surface area (Å²) in [6, 6.07) is 9.21. The van der Waals surface area contributed by atoms with Gasteiger partial charge in [0.2, 0.25) is 0 Å². The number of anilines is 1. The van der Waals surface area contributed by atoms with E-state index in [9.17, 15) is 4.79 Å². The van der Waals surface area contributed by atoms with Crippen molar-refractivity contribution in [2.24, 2.45) is 0 Å². The van der Waals surface area contributed by atoms with Crippen molar-refractivity contribution in [2.75, 3.05) is 11.9 Å². The first-order valence-electron chi connectivity index (χ1n) is 6.54. The lowest BCUT2D eigenvalue weighted by atomic mass is 10.3. The molecule has 2 N–H and O–H groups in total. The minimum Gasteiger partial charge on any atom is -0.492 e. The fourth-order valence-corrected chi connectivity index (χ4v) is 2.99. The van der Waals surface area contributed by atoms with Crippen molar-refractivity contribution in [3.05, 3.63) is 45.1 Å². The molecule has 1 heterocycles. The molecule has 112 valence electrons. The van der Waals surface area contributed by atoms with Crippen LogP contribution in [-0.2, 0) is 17.8 Å². The van der Waals surface area contributed by atoms with Gasteiger partial charge in [-0.3, -0.25) is 4.79 Å². The molecule has 4 nitrogen and oxygen atoms in total. The zero-order valence-corrected chi connectivity index (χ0v) is 13.1. The molecule has 6 heteroatoms. The predicted molar refractivity (Wildman–Crippen MR) is 85.6 cm³/mol. The summed E-state index contributed by atoms with van der Waals surface area (Å²) in [5.74, 6) is -0.0611. The molecular weight excluding hydrogens is 310 g/mol. The Bertz CT molecular complexity index is 627. The third kappa shape index (κ3) is 4.65. The van der Waals surface area contributed by atoms with E-state index in [1.165, 1.54) is 11.3 Å². The number of aliphatic carboxylic acids is 1. The van der Waals surface area contributed by atoms with Crippen LogP contribution in [0.2, 0.25) is 5.02 Å². The third-order valence-corrected chi connectivity index (χ3v) is 4.06. The lowest BCUT2D eigenvalue weighted by Gasteiger charge is -2.12. The quantitative estimate of drug-likeness (QED) is 0.806. The molecule has 0 bridgehead atoms. The molecule has 0 spiro atoms. The van der Waals surface area contributed by atoms with Crippen molar-refractivity contribution in [3.63, 3.8) is 0 Å². The number of nitrogens with one attached hydrogen (secondary N) is 1. The summed E-state index contributed by atoms with van der Waals surface area (Å²) < 4.78 is 5.54. The molecule has 0 aliphatic heterocycles. The second-order valence-electron chi connectivity index (χ2n) is 4.37. The van der Waals surface area contributed by atoms with E-state index in [1.54, 1.807) is 6.07 Å². The van der Waals surface area contributed by atoms with Gasteiger partial charge in [0.05, 0.1) is 18.7 Å². The van der Waals surface area contributed by atoms with Gasteiger partial charge in [-0.25, -0.2) is 0 Å². The molecule has 0 aliphatic rings. The number of carbonyl (C=O) groups is 1. The molecule has 0 atom stereocenters. The highest BCUT2D eigenvalue weighted by Gasteiger charge is 2.07. The second kappa shape index (κ2) is 7.33. The number of rotatable bonds is 7. The van der Waals surface area contributed by atoms with E-state index in [2.05, 4.69) is 5.32 Å². The molecule has 21 heavy (non-hydrogen) atoms. The number of thiophene rings is 1. The zero-order chi connectivity index (χ0) is 15.2. The van der Waals surface area contributed by atoms with Gasteiger partial charge in [0.25, 0.3) is 0 Å². The van der Waals surface area contributed by atoms with E-state index in [0.29, 0.717) is 18.2 Å². The van der Waals surface area contributed by atoms with Gasteiger partial charge in [0.1, 0.15) is 5.75 Å².